The fourth-order valence-corrected chi connectivity index (χ4v) is 6.71. The van der Waals surface area contributed by atoms with Crippen LogP contribution in [0.25, 0.3) is 11.2 Å². The zero-order valence-corrected chi connectivity index (χ0v) is 23.2. The lowest BCUT2D eigenvalue weighted by Gasteiger charge is -2.38. The molecule has 3 fully saturated rings. The second-order valence-corrected chi connectivity index (χ2v) is 12.6. The molecule has 2 aromatic heterocycles. The first kappa shape index (κ1) is 26.2. The Morgan fingerprint density at radius 1 is 1.00 bits per heavy atom. The van der Waals surface area contributed by atoms with Crippen LogP contribution in [-0.4, -0.2) is 49.2 Å². The SMILES string of the molecule is CC(C)CC1CCCCN1c1nc2nc(C(=O)O)nc(N[C@H](C)C3CCC3)c2n1CC1CCC(C)CC1. The summed E-state index contributed by atoms with van der Waals surface area (Å²) in [6.07, 6.45) is 13.4. The summed E-state index contributed by atoms with van der Waals surface area (Å²) in [4.78, 5) is 28.7. The number of carboxylic acids is 1. The lowest BCUT2D eigenvalue weighted by atomic mass is 9.80. The van der Waals surface area contributed by atoms with Crippen LogP contribution in [0.2, 0.25) is 0 Å². The number of rotatable bonds is 9. The van der Waals surface area contributed by atoms with Crippen molar-refractivity contribution >= 4 is 28.9 Å². The molecule has 1 unspecified atom stereocenters. The maximum absolute atomic E-state index is 12.0. The Labute approximate surface area is 221 Å². The first-order valence-electron chi connectivity index (χ1n) is 14.8. The number of nitrogens with zero attached hydrogens (tertiary/aromatic N) is 5. The summed E-state index contributed by atoms with van der Waals surface area (Å²) in [5.74, 6) is 2.95. The van der Waals surface area contributed by atoms with Crippen molar-refractivity contribution in [2.24, 2.45) is 23.7 Å². The van der Waals surface area contributed by atoms with Gasteiger partial charge in [-0.15, -0.1) is 0 Å². The van der Waals surface area contributed by atoms with Gasteiger partial charge in [-0.1, -0.05) is 40.0 Å². The molecule has 1 saturated heterocycles. The second kappa shape index (κ2) is 11.2. The third kappa shape index (κ3) is 5.73. The van der Waals surface area contributed by atoms with Gasteiger partial charge in [0.15, 0.2) is 11.5 Å². The van der Waals surface area contributed by atoms with Crippen molar-refractivity contribution in [1.82, 2.24) is 19.5 Å². The predicted octanol–water partition coefficient (Wildman–Crippen LogP) is 6.36. The number of piperidine rings is 1. The first-order valence-corrected chi connectivity index (χ1v) is 14.8. The summed E-state index contributed by atoms with van der Waals surface area (Å²) in [6.45, 7) is 11.0. The highest BCUT2D eigenvalue weighted by atomic mass is 16.4. The second-order valence-electron chi connectivity index (χ2n) is 12.6. The van der Waals surface area contributed by atoms with Gasteiger partial charge in [0.25, 0.3) is 0 Å². The average Bonchev–Trinajstić information content (AvgIpc) is 3.17. The summed E-state index contributed by atoms with van der Waals surface area (Å²) in [6, 6.07) is 0.687. The van der Waals surface area contributed by atoms with Gasteiger partial charge in [-0.25, -0.2) is 14.8 Å². The molecule has 0 bridgehead atoms. The molecule has 0 amide bonds. The Morgan fingerprint density at radius 3 is 2.41 bits per heavy atom. The average molecular weight is 511 g/mol. The van der Waals surface area contributed by atoms with E-state index >= 15 is 0 Å². The normalized spacial score (nSPS) is 25.9. The number of hydrogen-bond acceptors (Lipinski definition) is 6. The molecular formula is C29H46N6O2. The van der Waals surface area contributed by atoms with E-state index in [1.807, 2.05) is 0 Å². The first-order chi connectivity index (χ1) is 17.8. The molecule has 0 radical (unpaired) electrons. The van der Waals surface area contributed by atoms with Crippen molar-refractivity contribution in [3.63, 3.8) is 0 Å². The summed E-state index contributed by atoms with van der Waals surface area (Å²) >= 11 is 0. The van der Waals surface area contributed by atoms with Crippen LogP contribution in [0.15, 0.2) is 0 Å². The number of aromatic carboxylic acids is 1. The van der Waals surface area contributed by atoms with Crippen molar-refractivity contribution in [2.75, 3.05) is 16.8 Å². The number of carboxylic acid groups (broad SMARTS) is 1. The summed E-state index contributed by atoms with van der Waals surface area (Å²) < 4.78 is 2.37. The van der Waals surface area contributed by atoms with Crippen LogP contribution >= 0.6 is 0 Å². The number of nitrogens with one attached hydrogen (secondary N) is 1. The van der Waals surface area contributed by atoms with Gasteiger partial charge in [-0.05, 0) is 82.0 Å². The summed E-state index contributed by atoms with van der Waals surface area (Å²) in [5, 5.41) is 13.5. The Bertz CT molecular complexity index is 1090. The number of anilines is 2. The maximum atomic E-state index is 12.0. The highest BCUT2D eigenvalue weighted by Gasteiger charge is 2.32. The molecule has 204 valence electrons. The lowest BCUT2D eigenvalue weighted by molar-refractivity contribution is 0.0684. The third-order valence-corrected chi connectivity index (χ3v) is 9.20. The van der Waals surface area contributed by atoms with Gasteiger partial charge in [0.05, 0.1) is 0 Å². The molecule has 5 rings (SSSR count). The number of imidazole rings is 1. The highest BCUT2D eigenvalue weighted by molar-refractivity contribution is 5.91. The molecule has 0 aromatic carbocycles. The van der Waals surface area contributed by atoms with Gasteiger partial charge < -0.3 is 19.9 Å². The zero-order chi connectivity index (χ0) is 26.1. The topological polar surface area (TPSA) is 96.2 Å². The van der Waals surface area contributed by atoms with E-state index in [9.17, 15) is 9.90 Å². The van der Waals surface area contributed by atoms with E-state index < -0.39 is 5.97 Å². The number of carbonyl (C=O) groups is 1. The third-order valence-electron chi connectivity index (χ3n) is 9.20. The van der Waals surface area contributed by atoms with Crippen molar-refractivity contribution in [3.05, 3.63) is 5.82 Å². The molecular weight excluding hydrogens is 464 g/mol. The number of aromatic nitrogens is 4. The minimum Gasteiger partial charge on any atom is -0.475 e. The zero-order valence-electron chi connectivity index (χ0n) is 23.2. The van der Waals surface area contributed by atoms with E-state index in [0.29, 0.717) is 35.3 Å². The standard InChI is InChI=1S/C29H46N6O2/c1-18(2)16-23-10-5-6-15-34(23)29-33-26-24(35(29)17-21-13-11-19(3)12-14-21)25(31-27(32-26)28(36)37)30-20(4)22-8-7-9-22/h18-23H,5-17H2,1-4H3,(H,36,37)(H,30,31,32)/t19?,20-,21?,23?/m1/s1. The van der Waals surface area contributed by atoms with Crippen LogP contribution in [0, 0.1) is 23.7 Å². The highest BCUT2D eigenvalue weighted by Crippen LogP contribution is 2.37. The van der Waals surface area contributed by atoms with E-state index in [2.05, 4.69) is 52.4 Å². The van der Waals surface area contributed by atoms with Crippen LogP contribution in [0.5, 0.6) is 0 Å². The largest absolute Gasteiger partial charge is 0.475 e. The quantitative estimate of drug-likeness (QED) is 0.405. The fraction of sp³-hybridized carbons (Fsp3) is 0.793. The molecule has 2 atom stereocenters. The minimum absolute atomic E-state index is 0.170. The summed E-state index contributed by atoms with van der Waals surface area (Å²) in [7, 11) is 0. The Balaban J connectivity index is 1.60. The molecule has 1 aliphatic heterocycles. The molecule has 2 aromatic rings. The van der Waals surface area contributed by atoms with Gasteiger partial charge in [0, 0.05) is 25.2 Å². The van der Waals surface area contributed by atoms with E-state index in [-0.39, 0.29) is 11.9 Å². The molecule has 8 nitrogen and oxygen atoms in total. The molecule has 8 heteroatoms. The van der Waals surface area contributed by atoms with Gasteiger partial charge >= 0.3 is 5.97 Å². The molecule has 0 spiro atoms. The molecule has 2 saturated carbocycles. The predicted molar refractivity (Wildman–Crippen MR) is 148 cm³/mol. The van der Waals surface area contributed by atoms with Gasteiger partial charge in [0.1, 0.15) is 5.52 Å². The Hall–Kier alpha value is -2.38. The lowest BCUT2D eigenvalue weighted by Crippen LogP contribution is -2.42. The van der Waals surface area contributed by atoms with Crippen LogP contribution in [0.4, 0.5) is 11.8 Å². The van der Waals surface area contributed by atoms with Crippen molar-refractivity contribution in [2.45, 2.75) is 117 Å². The number of hydrogen-bond donors (Lipinski definition) is 2. The van der Waals surface area contributed by atoms with E-state index in [0.717, 1.165) is 43.3 Å². The van der Waals surface area contributed by atoms with E-state index in [4.69, 9.17) is 4.98 Å². The van der Waals surface area contributed by atoms with E-state index in [1.165, 1.54) is 57.8 Å². The maximum Gasteiger partial charge on any atom is 0.374 e. The van der Waals surface area contributed by atoms with Crippen molar-refractivity contribution < 1.29 is 9.90 Å². The monoisotopic (exact) mass is 510 g/mol. The van der Waals surface area contributed by atoms with Gasteiger partial charge in [0.2, 0.25) is 11.8 Å². The van der Waals surface area contributed by atoms with Gasteiger partial charge in [-0.3, -0.25) is 0 Å². The molecule has 2 aliphatic carbocycles. The van der Waals surface area contributed by atoms with Crippen LogP contribution in [0.3, 0.4) is 0 Å². The van der Waals surface area contributed by atoms with Crippen LogP contribution < -0.4 is 10.2 Å². The Kier molecular flexibility index (Phi) is 7.91. The molecule has 37 heavy (non-hydrogen) atoms. The Morgan fingerprint density at radius 2 is 1.76 bits per heavy atom. The van der Waals surface area contributed by atoms with Gasteiger partial charge in [-0.2, -0.15) is 4.98 Å². The van der Waals surface area contributed by atoms with E-state index in [1.54, 1.807) is 0 Å². The van der Waals surface area contributed by atoms with Crippen molar-refractivity contribution in [1.29, 1.82) is 0 Å². The van der Waals surface area contributed by atoms with Crippen molar-refractivity contribution in [3.8, 4) is 0 Å². The molecule has 3 aliphatic rings. The van der Waals surface area contributed by atoms with Crippen LogP contribution in [0.1, 0.15) is 109 Å². The molecule has 2 N–H and O–H groups in total. The molecule has 3 heterocycles. The fourth-order valence-electron chi connectivity index (χ4n) is 6.71. The summed E-state index contributed by atoms with van der Waals surface area (Å²) in [5.41, 5.74) is 1.41. The number of fused-ring (bicyclic) bond motifs is 1. The van der Waals surface area contributed by atoms with Crippen LogP contribution in [-0.2, 0) is 6.54 Å². The smallest absolute Gasteiger partial charge is 0.374 e. The minimum atomic E-state index is -1.10.